The molecule has 0 N–H and O–H groups in total. The van der Waals surface area contributed by atoms with Gasteiger partial charge in [-0.15, -0.1) is 0 Å². The van der Waals surface area contributed by atoms with E-state index in [4.69, 9.17) is 0 Å². The van der Waals surface area contributed by atoms with Crippen molar-refractivity contribution in [1.29, 1.82) is 0 Å². The molecule has 1 aromatic carbocycles. The predicted molar refractivity (Wildman–Crippen MR) is 116 cm³/mol. The largest absolute Gasteiger partial charge is 0.338 e. The van der Waals surface area contributed by atoms with E-state index in [0.29, 0.717) is 23.3 Å². The van der Waals surface area contributed by atoms with Gasteiger partial charge in [0.2, 0.25) is 5.91 Å². The first-order valence-electron chi connectivity index (χ1n) is 10.4. The quantitative estimate of drug-likeness (QED) is 0.670. The van der Waals surface area contributed by atoms with Gasteiger partial charge in [-0.25, -0.2) is 18.9 Å². The van der Waals surface area contributed by atoms with Crippen LogP contribution in [0.1, 0.15) is 37.4 Å². The number of hydrogen-bond donors (Lipinski definition) is 0. The van der Waals surface area contributed by atoms with Gasteiger partial charge in [0.05, 0.1) is 11.1 Å². The molecule has 1 atom stereocenters. The highest BCUT2D eigenvalue weighted by molar-refractivity contribution is 5.81. The lowest BCUT2D eigenvalue weighted by molar-refractivity contribution is -0.135. The molecule has 3 aromatic rings. The van der Waals surface area contributed by atoms with E-state index in [0.717, 1.165) is 35.1 Å². The van der Waals surface area contributed by atoms with Gasteiger partial charge in [-0.2, -0.15) is 0 Å². The first kappa shape index (κ1) is 20.1. The van der Waals surface area contributed by atoms with Crippen molar-refractivity contribution >= 4 is 16.9 Å². The fraction of sp³-hybridized carbons (Fsp3) is 0.391. The summed E-state index contributed by atoms with van der Waals surface area (Å²) in [6.45, 7) is 6.07. The second-order valence-electron chi connectivity index (χ2n) is 8.06. The number of piperidine rings is 1. The molecule has 30 heavy (non-hydrogen) atoms. The van der Waals surface area contributed by atoms with Crippen molar-refractivity contribution in [1.82, 2.24) is 19.0 Å². The smallest absolute Gasteiger partial charge is 0.337 e. The van der Waals surface area contributed by atoms with Gasteiger partial charge in [0.15, 0.2) is 5.65 Å². The summed E-state index contributed by atoms with van der Waals surface area (Å²) in [5, 5.41) is 0.364. The first-order valence-corrected chi connectivity index (χ1v) is 10.4. The van der Waals surface area contributed by atoms with Gasteiger partial charge in [-0.05, 0) is 63.8 Å². The molecular weight excluding hydrogens is 380 g/mol. The number of carbonyl (C=O) groups is 1. The molecule has 2 aromatic heterocycles. The van der Waals surface area contributed by atoms with Crippen LogP contribution in [0.2, 0.25) is 0 Å². The zero-order valence-electron chi connectivity index (χ0n) is 17.6. The molecule has 0 saturated carbocycles. The summed E-state index contributed by atoms with van der Waals surface area (Å²) < 4.78 is 2.49. The second-order valence-corrected chi connectivity index (χ2v) is 8.06. The molecule has 156 valence electrons. The van der Waals surface area contributed by atoms with Gasteiger partial charge in [-0.3, -0.25) is 9.59 Å². The summed E-state index contributed by atoms with van der Waals surface area (Å²) in [7, 11) is 0. The number of aryl methyl sites for hydroxylation is 2. The Balaban J connectivity index is 1.94. The molecule has 3 heterocycles. The van der Waals surface area contributed by atoms with E-state index in [1.165, 1.54) is 4.57 Å². The zero-order chi connectivity index (χ0) is 21.4. The number of para-hydroxylation sites is 1. The van der Waals surface area contributed by atoms with Gasteiger partial charge in [0, 0.05) is 18.3 Å². The Morgan fingerprint density at radius 2 is 1.87 bits per heavy atom. The number of rotatable bonds is 3. The zero-order valence-corrected chi connectivity index (χ0v) is 17.6. The van der Waals surface area contributed by atoms with E-state index in [1.807, 2.05) is 45.0 Å². The highest BCUT2D eigenvalue weighted by Gasteiger charge is 2.26. The van der Waals surface area contributed by atoms with Crippen molar-refractivity contribution in [2.75, 3.05) is 6.54 Å². The number of fused-ring (bicyclic) bond motifs is 1. The number of likely N-dealkylation sites (tertiary alicyclic amines) is 1. The molecule has 1 aliphatic heterocycles. The summed E-state index contributed by atoms with van der Waals surface area (Å²) in [4.78, 5) is 46.0. The number of aromatic nitrogens is 3. The van der Waals surface area contributed by atoms with E-state index in [-0.39, 0.29) is 18.5 Å². The first-order chi connectivity index (χ1) is 14.4. The Hall–Kier alpha value is -3.22. The average Bonchev–Trinajstić information content (AvgIpc) is 2.71. The number of carbonyl (C=O) groups excluding carboxylic acids is 1. The summed E-state index contributed by atoms with van der Waals surface area (Å²) in [5.74, 6) is -0.196. The third-order valence-corrected chi connectivity index (χ3v) is 5.85. The van der Waals surface area contributed by atoms with Crippen molar-refractivity contribution in [2.45, 2.75) is 52.6 Å². The molecular formula is C23H26N4O3. The standard InChI is InChI=1S/C23H26N4O3/c1-15-13-16(2)24-21-20(15)22(29)26(14-19(28)25-12-8-7-9-17(25)3)23(30)27(21)18-10-5-4-6-11-18/h4-6,10-11,13,17H,7-9,12,14H2,1-3H3. The lowest BCUT2D eigenvalue weighted by atomic mass is 10.0. The summed E-state index contributed by atoms with van der Waals surface area (Å²) >= 11 is 0. The molecule has 0 radical (unpaired) electrons. The molecule has 1 saturated heterocycles. The number of amides is 1. The third-order valence-electron chi connectivity index (χ3n) is 5.85. The maximum Gasteiger partial charge on any atom is 0.337 e. The van der Waals surface area contributed by atoms with Crippen LogP contribution in [0.25, 0.3) is 16.7 Å². The summed E-state index contributed by atoms with van der Waals surface area (Å²) in [6.07, 6.45) is 2.97. The number of hydrogen-bond acceptors (Lipinski definition) is 4. The van der Waals surface area contributed by atoms with Crippen LogP contribution in [0.5, 0.6) is 0 Å². The normalized spacial score (nSPS) is 16.8. The van der Waals surface area contributed by atoms with Crippen LogP contribution in [0.4, 0.5) is 0 Å². The Kier molecular flexibility index (Phi) is 5.28. The predicted octanol–water partition coefficient (Wildman–Crippen LogP) is 2.57. The lowest BCUT2D eigenvalue weighted by Gasteiger charge is -2.33. The van der Waals surface area contributed by atoms with Gasteiger partial charge < -0.3 is 4.90 Å². The second kappa shape index (κ2) is 7.89. The van der Waals surface area contributed by atoms with Crippen molar-refractivity contribution in [3.8, 4) is 5.69 Å². The molecule has 1 aliphatic rings. The fourth-order valence-electron chi connectivity index (χ4n) is 4.32. The number of pyridine rings is 1. The third kappa shape index (κ3) is 3.44. The monoisotopic (exact) mass is 406 g/mol. The topological polar surface area (TPSA) is 77.2 Å². The van der Waals surface area contributed by atoms with E-state index in [1.54, 1.807) is 17.0 Å². The molecule has 4 rings (SSSR count). The minimum Gasteiger partial charge on any atom is -0.338 e. The van der Waals surface area contributed by atoms with Crippen molar-refractivity contribution in [2.24, 2.45) is 0 Å². The van der Waals surface area contributed by atoms with Crippen LogP contribution in [0, 0.1) is 13.8 Å². The van der Waals surface area contributed by atoms with Crippen LogP contribution in [0.3, 0.4) is 0 Å². The number of benzene rings is 1. The van der Waals surface area contributed by atoms with Gasteiger partial charge in [0.1, 0.15) is 6.54 Å². The molecule has 1 fully saturated rings. The minimum atomic E-state index is -0.547. The highest BCUT2D eigenvalue weighted by Crippen LogP contribution is 2.18. The van der Waals surface area contributed by atoms with E-state index < -0.39 is 11.2 Å². The van der Waals surface area contributed by atoms with Crippen LogP contribution >= 0.6 is 0 Å². The van der Waals surface area contributed by atoms with Crippen LogP contribution in [-0.2, 0) is 11.3 Å². The Morgan fingerprint density at radius 1 is 1.13 bits per heavy atom. The Labute approximate surface area is 174 Å². The molecule has 1 amide bonds. The Morgan fingerprint density at radius 3 is 2.57 bits per heavy atom. The number of nitrogens with zero attached hydrogens (tertiary/aromatic N) is 4. The minimum absolute atomic E-state index is 0.116. The van der Waals surface area contributed by atoms with E-state index in [9.17, 15) is 14.4 Å². The Bertz CT molecular complexity index is 1230. The molecule has 7 nitrogen and oxygen atoms in total. The highest BCUT2D eigenvalue weighted by atomic mass is 16.2. The van der Waals surface area contributed by atoms with Crippen molar-refractivity contribution in [3.63, 3.8) is 0 Å². The van der Waals surface area contributed by atoms with Gasteiger partial charge >= 0.3 is 5.69 Å². The SMILES string of the molecule is Cc1cc(C)c2c(=O)n(CC(=O)N3CCCCC3C)c(=O)n(-c3ccccc3)c2n1. The van der Waals surface area contributed by atoms with E-state index in [2.05, 4.69) is 4.98 Å². The maximum atomic E-state index is 13.4. The average molecular weight is 406 g/mol. The fourth-order valence-corrected chi connectivity index (χ4v) is 4.32. The van der Waals surface area contributed by atoms with Crippen molar-refractivity contribution in [3.05, 3.63) is 68.5 Å². The van der Waals surface area contributed by atoms with E-state index >= 15 is 0 Å². The molecule has 1 unspecified atom stereocenters. The summed E-state index contributed by atoms with van der Waals surface area (Å²) in [5.41, 5.74) is 1.37. The molecule has 7 heteroatoms. The van der Waals surface area contributed by atoms with Gasteiger partial charge in [-0.1, -0.05) is 18.2 Å². The molecule has 0 bridgehead atoms. The van der Waals surface area contributed by atoms with Crippen LogP contribution in [-0.4, -0.2) is 37.5 Å². The van der Waals surface area contributed by atoms with Gasteiger partial charge in [0.25, 0.3) is 5.56 Å². The molecule has 0 aliphatic carbocycles. The molecule has 0 spiro atoms. The lowest BCUT2D eigenvalue weighted by Crippen LogP contribution is -2.48. The van der Waals surface area contributed by atoms with Crippen LogP contribution < -0.4 is 11.2 Å². The summed E-state index contributed by atoms with van der Waals surface area (Å²) in [6, 6.07) is 11.0. The van der Waals surface area contributed by atoms with Crippen LogP contribution in [0.15, 0.2) is 46.0 Å². The van der Waals surface area contributed by atoms with Crippen molar-refractivity contribution < 1.29 is 4.79 Å². The maximum absolute atomic E-state index is 13.4.